The summed E-state index contributed by atoms with van der Waals surface area (Å²) in [6, 6.07) is 10.2. The Hall–Kier alpha value is -0.593. The number of carbonyl (C=O) groups is 4. The molecule has 0 bridgehead atoms. The first kappa shape index (κ1) is 69.7. The summed E-state index contributed by atoms with van der Waals surface area (Å²) in [7, 11) is 0. The molecule has 0 radical (unpaired) electrons. The molecule has 2 fully saturated rings. The number of rotatable bonds is 7. The van der Waals surface area contributed by atoms with Crippen molar-refractivity contribution in [1.82, 2.24) is 0 Å². The van der Waals surface area contributed by atoms with Gasteiger partial charge in [0.25, 0.3) is 0 Å². The van der Waals surface area contributed by atoms with E-state index in [0.29, 0.717) is 0 Å². The standard InChI is InChI=1S/4C7H3Cl3O2.C6H14.2C4H8O.2Ru/c4*8-3-1-4(7(11)12)6(10)5(9)2-3;1-3-5-6-4-2;2*1-2-4-5-3-1;;/h4*1-2H,(H,11,12);3-6H2,1-2H3;2*1-4H2;;/q;;;;;;;2*+2/p-4. The molecule has 0 aromatic heterocycles. The third-order valence-corrected chi connectivity index (χ3v) is 11.5. The maximum Gasteiger partial charge on any atom is 2.00 e. The van der Waals surface area contributed by atoms with Gasteiger partial charge in [-0.1, -0.05) is 179 Å². The summed E-state index contributed by atoms with van der Waals surface area (Å²) in [5, 5.41) is 42.7. The van der Waals surface area contributed by atoms with E-state index in [2.05, 4.69) is 13.8 Å². The number of carboxylic acid groups (broad SMARTS) is 4. The first-order valence-corrected chi connectivity index (χ1v) is 23.1. The Morgan fingerprint density at radius 2 is 0.576 bits per heavy atom. The quantitative estimate of drug-likeness (QED) is 0.0982. The summed E-state index contributed by atoms with van der Waals surface area (Å²) in [6.45, 7) is 8.46. The van der Waals surface area contributed by atoms with Crippen LogP contribution in [0.15, 0.2) is 48.5 Å². The summed E-state index contributed by atoms with van der Waals surface area (Å²) < 4.78 is 9.89. The SMILES string of the molecule is C1CCOC1.C1CCOC1.CCCCCC.O=C([O-])c1cc(Cl)cc(Cl)c1Cl.O=C([O-])c1cc(Cl)cc(Cl)c1Cl.O=C([O-])c1cc(Cl)cc(Cl)c1Cl.O=C([O-])c1cc(Cl)cc(Cl)c1Cl.[Ru+2].[Ru+2]. The van der Waals surface area contributed by atoms with Gasteiger partial charge in [0.2, 0.25) is 0 Å². The second kappa shape index (κ2) is 39.1. The van der Waals surface area contributed by atoms with Gasteiger partial charge in [0.05, 0.1) is 64.1 Å². The van der Waals surface area contributed by atoms with Gasteiger partial charge >= 0.3 is 39.0 Å². The van der Waals surface area contributed by atoms with Crippen LogP contribution in [0.5, 0.6) is 0 Å². The van der Waals surface area contributed by atoms with Gasteiger partial charge in [-0.05, 0) is 74.2 Å². The van der Waals surface area contributed by atoms with Crippen molar-refractivity contribution >= 4 is 163 Å². The molecule has 6 rings (SSSR count). The van der Waals surface area contributed by atoms with Gasteiger partial charge in [0.1, 0.15) is 0 Å². The number of aromatic carboxylic acids is 4. The van der Waals surface area contributed by atoms with E-state index < -0.39 is 23.9 Å². The fourth-order valence-corrected chi connectivity index (χ4v) is 7.06. The summed E-state index contributed by atoms with van der Waals surface area (Å²) >= 11 is 66.5. The minimum Gasteiger partial charge on any atom is -0.545 e. The van der Waals surface area contributed by atoms with E-state index in [1.54, 1.807) is 0 Å². The Labute approximate surface area is 469 Å². The van der Waals surface area contributed by atoms with Crippen LogP contribution in [0.4, 0.5) is 0 Å². The summed E-state index contributed by atoms with van der Waals surface area (Å²) in [6.07, 6.45) is 10.6. The number of carbonyl (C=O) groups excluding carboxylic acids is 4. The molecule has 10 nitrogen and oxygen atoms in total. The van der Waals surface area contributed by atoms with Crippen molar-refractivity contribution in [3.63, 3.8) is 0 Å². The van der Waals surface area contributed by atoms with Crippen LogP contribution in [0.2, 0.25) is 60.3 Å². The van der Waals surface area contributed by atoms with Crippen molar-refractivity contribution in [2.45, 2.75) is 65.2 Å². The molecule has 4 aromatic carbocycles. The Morgan fingerprint density at radius 3 is 0.697 bits per heavy atom. The number of halogens is 12. The molecule has 0 spiro atoms. The zero-order valence-corrected chi connectivity index (χ0v) is 47.0. The molecular weight excluding hydrogens is 1290 g/mol. The third kappa shape index (κ3) is 28.9. The van der Waals surface area contributed by atoms with Crippen LogP contribution < -0.4 is 20.4 Å². The third-order valence-electron chi connectivity index (χ3n) is 7.46. The molecule has 2 aliphatic rings. The monoisotopic (exact) mass is 1330 g/mol. The Balaban J connectivity index is -0.000000716. The topological polar surface area (TPSA) is 179 Å². The number of unbranched alkanes of at least 4 members (excludes halogenated alkanes) is 3. The predicted octanol–water partition coefficient (Wildman–Crippen LogP) is 12.2. The molecule has 0 atom stereocenters. The minimum atomic E-state index is -1.40. The van der Waals surface area contributed by atoms with Crippen molar-refractivity contribution in [1.29, 1.82) is 0 Å². The first-order chi connectivity index (χ1) is 30.0. The van der Waals surface area contributed by atoms with E-state index in [9.17, 15) is 39.6 Å². The molecule has 2 heterocycles. The van der Waals surface area contributed by atoms with E-state index in [1.165, 1.54) is 99.9 Å². The number of ether oxygens (including phenoxy) is 2. The van der Waals surface area contributed by atoms with Gasteiger partial charge < -0.3 is 49.1 Å². The van der Waals surface area contributed by atoms with Crippen LogP contribution in [0.3, 0.4) is 0 Å². The zero-order chi connectivity index (χ0) is 49.1. The molecule has 0 N–H and O–H groups in total. The maximum absolute atomic E-state index is 10.4. The Kier molecular flexibility index (Phi) is 41.2. The fourth-order valence-electron chi connectivity index (χ4n) is 4.34. The largest absolute Gasteiger partial charge is 2.00 e. The molecule has 0 aliphatic carbocycles. The molecule has 0 saturated carbocycles. The number of hydrogen-bond donors (Lipinski definition) is 0. The van der Waals surface area contributed by atoms with Crippen molar-refractivity contribution in [2.75, 3.05) is 26.4 Å². The minimum absolute atomic E-state index is 0. The maximum atomic E-state index is 10.4. The van der Waals surface area contributed by atoms with Crippen molar-refractivity contribution in [3.05, 3.63) is 131 Å². The zero-order valence-electron chi connectivity index (χ0n) is 34.4. The van der Waals surface area contributed by atoms with Crippen LogP contribution in [0.25, 0.3) is 0 Å². The number of benzene rings is 4. The Bertz CT molecular complexity index is 1840. The van der Waals surface area contributed by atoms with Gasteiger partial charge in [0.15, 0.2) is 0 Å². The molecule has 4 aromatic rings. The summed E-state index contributed by atoms with van der Waals surface area (Å²) in [4.78, 5) is 41.7. The molecule has 0 amide bonds. The Morgan fingerprint density at radius 1 is 0.394 bits per heavy atom. The molecular formula is C42H38Cl12O10Ru2. The summed E-state index contributed by atoms with van der Waals surface area (Å²) in [5.41, 5.74) is -0.799. The number of carboxylic acids is 4. The smallest absolute Gasteiger partial charge is 0.545 e. The van der Waals surface area contributed by atoms with Gasteiger partial charge in [-0.3, -0.25) is 0 Å². The molecule has 366 valence electrons. The van der Waals surface area contributed by atoms with Gasteiger partial charge in [0, 0.05) is 68.8 Å². The van der Waals surface area contributed by atoms with E-state index in [1.807, 2.05) is 0 Å². The molecule has 2 aliphatic heterocycles. The van der Waals surface area contributed by atoms with E-state index >= 15 is 0 Å². The molecule has 66 heavy (non-hydrogen) atoms. The molecule has 2 saturated heterocycles. The second-order valence-corrected chi connectivity index (χ2v) is 17.4. The van der Waals surface area contributed by atoms with E-state index in [-0.39, 0.29) is 121 Å². The van der Waals surface area contributed by atoms with Gasteiger partial charge in [-0.15, -0.1) is 0 Å². The van der Waals surface area contributed by atoms with Crippen molar-refractivity contribution in [2.24, 2.45) is 0 Å². The first-order valence-electron chi connectivity index (χ1n) is 18.6. The van der Waals surface area contributed by atoms with Crippen molar-refractivity contribution < 1.29 is 88.0 Å². The van der Waals surface area contributed by atoms with E-state index in [0.717, 1.165) is 26.4 Å². The van der Waals surface area contributed by atoms with Crippen molar-refractivity contribution in [3.8, 4) is 0 Å². The normalized spacial score (nSPS) is 11.7. The number of hydrogen-bond acceptors (Lipinski definition) is 10. The van der Waals surface area contributed by atoms with Crippen LogP contribution in [-0.4, -0.2) is 50.3 Å². The van der Waals surface area contributed by atoms with Gasteiger partial charge in [-0.2, -0.15) is 0 Å². The average molecular weight is 1330 g/mol. The average Bonchev–Trinajstić information content (AvgIpc) is 4.01. The predicted molar refractivity (Wildman–Crippen MR) is 253 cm³/mol. The van der Waals surface area contributed by atoms with Crippen LogP contribution in [0.1, 0.15) is 107 Å². The summed E-state index contributed by atoms with van der Waals surface area (Å²) in [5.74, 6) is -5.59. The molecule has 0 unspecified atom stereocenters. The van der Waals surface area contributed by atoms with E-state index in [4.69, 9.17) is 149 Å². The van der Waals surface area contributed by atoms with Crippen LogP contribution >= 0.6 is 139 Å². The van der Waals surface area contributed by atoms with Crippen LogP contribution in [-0.2, 0) is 48.4 Å². The second-order valence-electron chi connectivity index (χ2n) is 12.5. The fraction of sp³-hybridized carbons (Fsp3) is 0.333. The van der Waals surface area contributed by atoms with Crippen LogP contribution in [0, 0.1) is 0 Å². The molecule has 24 heteroatoms. The van der Waals surface area contributed by atoms with Gasteiger partial charge in [-0.25, -0.2) is 0 Å².